The molecule has 2 heterocycles. The van der Waals surface area contributed by atoms with Crippen molar-refractivity contribution in [1.29, 1.82) is 0 Å². The minimum Gasteiger partial charge on any atom is -0.485 e. The molecule has 0 unspecified atom stereocenters. The number of carbonyl (C=O) groups is 1. The quantitative estimate of drug-likeness (QED) is 0.862. The molecule has 2 atom stereocenters. The molecule has 1 saturated heterocycles. The van der Waals surface area contributed by atoms with E-state index in [1.165, 1.54) is 0 Å². The summed E-state index contributed by atoms with van der Waals surface area (Å²) in [6, 6.07) is 14.9. The molecule has 1 N–H and O–H groups in total. The van der Waals surface area contributed by atoms with Crippen molar-refractivity contribution in [2.75, 3.05) is 5.32 Å². The Bertz CT molecular complexity index is 739. The Hall–Kier alpha value is -2.33. The van der Waals surface area contributed by atoms with E-state index in [4.69, 9.17) is 9.47 Å². The maximum Gasteiger partial charge on any atom is 0.255 e. The third kappa shape index (κ3) is 2.16. The Balaban J connectivity index is 1.60. The fourth-order valence-electron chi connectivity index (χ4n) is 2.95. The molecule has 4 heteroatoms. The van der Waals surface area contributed by atoms with Crippen molar-refractivity contribution in [1.82, 2.24) is 0 Å². The molecule has 0 aliphatic carbocycles. The number of anilines is 1. The number of benzene rings is 2. The predicted octanol–water partition coefficient (Wildman–Crippen LogP) is 3.55. The molecule has 4 rings (SSSR count). The lowest BCUT2D eigenvalue weighted by atomic mass is 9.93. The summed E-state index contributed by atoms with van der Waals surface area (Å²) >= 11 is 0. The molecule has 0 radical (unpaired) electrons. The smallest absolute Gasteiger partial charge is 0.255 e. The topological polar surface area (TPSA) is 50.9 Å². The molecular formula is C18H17NO3. The highest BCUT2D eigenvalue weighted by molar-refractivity contribution is 6.04. The van der Waals surface area contributed by atoms with Gasteiger partial charge in [0.1, 0.15) is 23.6 Å². The number of fused-ring (bicyclic) bond motifs is 3. The van der Waals surface area contributed by atoms with Crippen molar-refractivity contribution < 1.29 is 14.3 Å². The van der Waals surface area contributed by atoms with Crippen LogP contribution in [0.1, 0.15) is 35.9 Å². The van der Waals surface area contributed by atoms with Crippen LogP contribution in [0.4, 0.5) is 5.69 Å². The normalized spacial score (nSPS) is 23.7. The van der Waals surface area contributed by atoms with Crippen LogP contribution in [0.15, 0.2) is 48.5 Å². The van der Waals surface area contributed by atoms with Crippen LogP contribution in [0.2, 0.25) is 0 Å². The zero-order valence-electron chi connectivity index (χ0n) is 12.5. The van der Waals surface area contributed by atoms with Crippen LogP contribution >= 0.6 is 0 Å². The molecule has 2 aliphatic heterocycles. The summed E-state index contributed by atoms with van der Waals surface area (Å²) in [5.74, 6) is 0.677. The standard InChI is InChI=1S/C18H17NO3/c1-18(2)16-15(21-16)13-10-11(8-9-14(13)22-18)17(20)19-12-6-4-3-5-7-12/h3-10,15-16H,1-2H3,(H,19,20)/t15-,16-/m0/s1. The van der Waals surface area contributed by atoms with Gasteiger partial charge in [-0.05, 0) is 44.2 Å². The van der Waals surface area contributed by atoms with Crippen molar-refractivity contribution in [2.24, 2.45) is 0 Å². The minimum atomic E-state index is -0.314. The molecular weight excluding hydrogens is 278 g/mol. The number of carbonyl (C=O) groups excluding carboxylic acids is 1. The summed E-state index contributed by atoms with van der Waals surface area (Å²) in [5, 5.41) is 2.89. The first-order chi connectivity index (χ1) is 10.5. The number of hydrogen-bond acceptors (Lipinski definition) is 3. The third-order valence-electron chi connectivity index (χ3n) is 4.16. The number of nitrogens with one attached hydrogen (secondary N) is 1. The van der Waals surface area contributed by atoms with Crippen LogP contribution in [0.25, 0.3) is 0 Å². The third-order valence-corrected chi connectivity index (χ3v) is 4.16. The van der Waals surface area contributed by atoms with Crippen LogP contribution in [0, 0.1) is 0 Å². The SMILES string of the molecule is CC1(C)Oc2ccc(C(=O)Nc3ccccc3)cc2[C@@H]2O[C@@H]21. The van der Waals surface area contributed by atoms with Gasteiger partial charge in [-0.3, -0.25) is 4.79 Å². The van der Waals surface area contributed by atoms with Crippen molar-refractivity contribution >= 4 is 11.6 Å². The van der Waals surface area contributed by atoms with E-state index in [-0.39, 0.29) is 23.7 Å². The zero-order chi connectivity index (χ0) is 15.3. The summed E-state index contributed by atoms with van der Waals surface area (Å²) in [4.78, 5) is 12.4. The molecule has 4 nitrogen and oxygen atoms in total. The van der Waals surface area contributed by atoms with E-state index >= 15 is 0 Å². The Kier molecular flexibility index (Phi) is 2.78. The van der Waals surface area contributed by atoms with Gasteiger partial charge in [0, 0.05) is 16.8 Å². The molecule has 1 fully saturated rings. The average Bonchev–Trinajstić information content (AvgIpc) is 3.29. The van der Waals surface area contributed by atoms with Crippen molar-refractivity contribution in [3.05, 3.63) is 59.7 Å². The number of rotatable bonds is 2. The average molecular weight is 295 g/mol. The van der Waals surface area contributed by atoms with Gasteiger partial charge in [0.15, 0.2) is 0 Å². The molecule has 0 saturated carbocycles. The second-order valence-corrected chi connectivity index (χ2v) is 6.26. The van der Waals surface area contributed by atoms with E-state index in [0.717, 1.165) is 17.0 Å². The Morgan fingerprint density at radius 2 is 1.91 bits per heavy atom. The van der Waals surface area contributed by atoms with Crippen molar-refractivity contribution in [3.8, 4) is 5.75 Å². The van der Waals surface area contributed by atoms with Crippen LogP contribution in [-0.2, 0) is 4.74 Å². The second-order valence-electron chi connectivity index (χ2n) is 6.26. The lowest BCUT2D eigenvalue weighted by Gasteiger charge is -2.29. The zero-order valence-corrected chi connectivity index (χ0v) is 12.5. The molecule has 2 aromatic rings. The molecule has 2 aliphatic rings. The highest BCUT2D eigenvalue weighted by atomic mass is 16.6. The summed E-state index contributed by atoms with van der Waals surface area (Å²) in [6.07, 6.45) is 0.121. The molecule has 22 heavy (non-hydrogen) atoms. The van der Waals surface area contributed by atoms with E-state index in [2.05, 4.69) is 5.32 Å². The van der Waals surface area contributed by atoms with Gasteiger partial charge >= 0.3 is 0 Å². The largest absolute Gasteiger partial charge is 0.485 e. The van der Waals surface area contributed by atoms with Gasteiger partial charge in [-0.2, -0.15) is 0 Å². The van der Waals surface area contributed by atoms with Crippen LogP contribution in [0.3, 0.4) is 0 Å². The molecule has 0 spiro atoms. The summed E-state index contributed by atoms with van der Waals surface area (Å²) < 4.78 is 11.7. The summed E-state index contributed by atoms with van der Waals surface area (Å²) in [5.41, 5.74) is 2.04. The van der Waals surface area contributed by atoms with Crippen molar-refractivity contribution in [2.45, 2.75) is 31.7 Å². The number of hydrogen-bond donors (Lipinski definition) is 1. The van der Waals surface area contributed by atoms with E-state index in [1.54, 1.807) is 6.07 Å². The van der Waals surface area contributed by atoms with Gasteiger partial charge in [0.2, 0.25) is 0 Å². The highest BCUT2D eigenvalue weighted by Crippen LogP contribution is 2.53. The van der Waals surface area contributed by atoms with Crippen LogP contribution in [0.5, 0.6) is 5.75 Å². The monoisotopic (exact) mass is 295 g/mol. The first kappa shape index (κ1) is 13.3. The maximum absolute atomic E-state index is 12.4. The van der Waals surface area contributed by atoms with Gasteiger partial charge in [0.25, 0.3) is 5.91 Å². The maximum atomic E-state index is 12.4. The van der Waals surface area contributed by atoms with Gasteiger partial charge in [-0.25, -0.2) is 0 Å². The fourth-order valence-corrected chi connectivity index (χ4v) is 2.95. The number of amides is 1. The lowest BCUT2D eigenvalue weighted by molar-refractivity contribution is 0.0725. The first-order valence-corrected chi connectivity index (χ1v) is 7.39. The van der Waals surface area contributed by atoms with E-state index < -0.39 is 0 Å². The number of epoxide rings is 1. The van der Waals surface area contributed by atoms with Gasteiger partial charge in [0.05, 0.1) is 0 Å². The van der Waals surface area contributed by atoms with Crippen LogP contribution < -0.4 is 10.1 Å². The van der Waals surface area contributed by atoms with E-state index in [0.29, 0.717) is 5.56 Å². The second kappa shape index (κ2) is 4.58. The Morgan fingerprint density at radius 3 is 2.68 bits per heavy atom. The van der Waals surface area contributed by atoms with Gasteiger partial charge in [-0.15, -0.1) is 0 Å². The fraction of sp³-hybridized carbons (Fsp3) is 0.278. The molecule has 0 aromatic heterocycles. The summed E-state index contributed by atoms with van der Waals surface area (Å²) in [7, 11) is 0. The van der Waals surface area contributed by atoms with Crippen LogP contribution in [-0.4, -0.2) is 17.6 Å². The van der Waals surface area contributed by atoms with Gasteiger partial charge in [-0.1, -0.05) is 18.2 Å². The van der Waals surface area contributed by atoms with E-state index in [9.17, 15) is 4.79 Å². The minimum absolute atomic E-state index is 0.0447. The first-order valence-electron chi connectivity index (χ1n) is 7.39. The summed E-state index contributed by atoms with van der Waals surface area (Å²) in [6.45, 7) is 4.05. The number of ether oxygens (including phenoxy) is 2. The van der Waals surface area contributed by atoms with Crippen molar-refractivity contribution in [3.63, 3.8) is 0 Å². The lowest BCUT2D eigenvalue weighted by Crippen LogP contribution is -2.37. The molecule has 1 amide bonds. The Morgan fingerprint density at radius 1 is 1.14 bits per heavy atom. The Labute approximate surface area is 129 Å². The predicted molar refractivity (Wildman–Crippen MR) is 83.2 cm³/mol. The number of para-hydroxylation sites is 1. The molecule has 112 valence electrons. The molecule has 2 aromatic carbocycles. The molecule has 0 bridgehead atoms. The highest BCUT2D eigenvalue weighted by Gasteiger charge is 2.56. The van der Waals surface area contributed by atoms with Gasteiger partial charge < -0.3 is 14.8 Å². The van der Waals surface area contributed by atoms with E-state index in [1.807, 2.05) is 56.3 Å².